The smallest absolute Gasteiger partial charge is 0.143 e. The molecule has 7 aromatic carbocycles. The van der Waals surface area contributed by atoms with Gasteiger partial charge < -0.3 is 9.73 Å². The molecule has 210 valence electrons. The number of nitrogens with one attached hydrogen (secondary N) is 1. The number of anilines is 2. The lowest BCUT2D eigenvalue weighted by Crippen LogP contribution is -2.25. The van der Waals surface area contributed by atoms with E-state index in [-0.39, 0.29) is 5.41 Å². The molecule has 45 heavy (non-hydrogen) atoms. The first-order valence-corrected chi connectivity index (χ1v) is 15.5. The highest BCUT2D eigenvalue weighted by molar-refractivity contribution is 6.09. The Morgan fingerprint density at radius 2 is 0.933 bits per heavy atom. The van der Waals surface area contributed by atoms with Crippen molar-refractivity contribution in [2.24, 2.45) is 0 Å². The highest BCUT2D eigenvalue weighted by Gasteiger charge is 2.51. The van der Waals surface area contributed by atoms with Crippen LogP contribution < -0.4 is 5.32 Å². The first kappa shape index (κ1) is 24.6. The molecule has 0 radical (unpaired) electrons. The van der Waals surface area contributed by atoms with Gasteiger partial charge in [-0.1, -0.05) is 127 Å². The SMILES string of the molecule is c1ccc2c(c1)-c1ccccc1C21c2ccccc2-c2ccc(Nc3ccc(-c4cccc5c4oc4ccccc45)cc3)cc21. The van der Waals surface area contributed by atoms with Crippen LogP contribution in [0.15, 0.2) is 162 Å². The Bertz CT molecular complexity index is 2400. The monoisotopic (exact) mass is 573 g/mol. The fourth-order valence-electron chi connectivity index (χ4n) is 8.05. The molecular formula is C43H27NO. The Kier molecular flexibility index (Phi) is 4.95. The number of fused-ring (bicyclic) bond motifs is 13. The maximum Gasteiger partial charge on any atom is 0.143 e. The van der Waals surface area contributed by atoms with Crippen molar-refractivity contribution in [1.82, 2.24) is 0 Å². The van der Waals surface area contributed by atoms with Gasteiger partial charge in [0.05, 0.1) is 5.41 Å². The molecule has 10 rings (SSSR count). The Morgan fingerprint density at radius 1 is 0.400 bits per heavy atom. The van der Waals surface area contributed by atoms with Crippen molar-refractivity contribution < 1.29 is 4.42 Å². The topological polar surface area (TPSA) is 25.2 Å². The molecule has 0 saturated heterocycles. The Morgan fingerprint density at radius 3 is 1.62 bits per heavy atom. The molecule has 8 aromatic rings. The number of hydrogen-bond donors (Lipinski definition) is 1. The van der Waals surface area contributed by atoms with Gasteiger partial charge in [0.25, 0.3) is 0 Å². The van der Waals surface area contributed by atoms with Crippen LogP contribution in [0.4, 0.5) is 11.4 Å². The van der Waals surface area contributed by atoms with E-state index in [1.165, 1.54) is 44.5 Å². The first-order valence-electron chi connectivity index (χ1n) is 15.5. The molecule has 1 spiro atoms. The van der Waals surface area contributed by atoms with Crippen LogP contribution in [0.3, 0.4) is 0 Å². The molecule has 2 nitrogen and oxygen atoms in total. The summed E-state index contributed by atoms with van der Waals surface area (Å²) in [4.78, 5) is 0. The van der Waals surface area contributed by atoms with Crippen LogP contribution >= 0.6 is 0 Å². The van der Waals surface area contributed by atoms with Gasteiger partial charge >= 0.3 is 0 Å². The molecule has 2 heteroatoms. The molecule has 0 bridgehead atoms. The maximum atomic E-state index is 6.31. The molecule has 2 aliphatic rings. The fraction of sp³-hybridized carbons (Fsp3) is 0.0233. The van der Waals surface area contributed by atoms with Gasteiger partial charge in [-0.15, -0.1) is 0 Å². The van der Waals surface area contributed by atoms with Crippen LogP contribution in [0.1, 0.15) is 22.3 Å². The summed E-state index contributed by atoms with van der Waals surface area (Å²) in [5.41, 5.74) is 16.5. The Balaban J connectivity index is 1.07. The highest BCUT2D eigenvalue weighted by Crippen LogP contribution is 2.62. The minimum Gasteiger partial charge on any atom is -0.455 e. The van der Waals surface area contributed by atoms with Crippen LogP contribution in [-0.2, 0) is 5.41 Å². The standard InChI is InChI=1S/C43H27NO/c1-5-16-37-31(10-1)32-11-2-6-17-38(32)43(37)39-18-7-3-12-33(39)34-25-24-29(26-40(34)43)44-28-22-20-27(21-23-28)30-14-9-15-36-35-13-4-8-19-41(35)45-42(30)36/h1-26,44H. The molecule has 0 aliphatic heterocycles. The summed E-state index contributed by atoms with van der Waals surface area (Å²) in [6.07, 6.45) is 0. The van der Waals surface area contributed by atoms with Crippen molar-refractivity contribution in [3.05, 3.63) is 180 Å². The summed E-state index contributed by atoms with van der Waals surface area (Å²) >= 11 is 0. The maximum absolute atomic E-state index is 6.31. The van der Waals surface area contributed by atoms with E-state index in [4.69, 9.17) is 4.42 Å². The summed E-state index contributed by atoms with van der Waals surface area (Å²) in [6.45, 7) is 0. The zero-order valence-electron chi connectivity index (χ0n) is 24.4. The van der Waals surface area contributed by atoms with Crippen molar-refractivity contribution in [2.75, 3.05) is 5.32 Å². The molecule has 1 heterocycles. The molecule has 0 fully saturated rings. The molecule has 1 N–H and O–H groups in total. The first-order chi connectivity index (χ1) is 22.3. The van der Waals surface area contributed by atoms with Gasteiger partial charge in [-0.05, 0) is 80.4 Å². The summed E-state index contributed by atoms with van der Waals surface area (Å²) < 4.78 is 6.31. The summed E-state index contributed by atoms with van der Waals surface area (Å²) in [6, 6.07) is 57.0. The summed E-state index contributed by atoms with van der Waals surface area (Å²) in [7, 11) is 0. The van der Waals surface area contributed by atoms with Crippen molar-refractivity contribution in [3.63, 3.8) is 0 Å². The van der Waals surface area contributed by atoms with E-state index < -0.39 is 0 Å². The summed E-state index contributed by atoms with van der Waals surface area (Å²) in [5.74, 6) is 0. The lowest BCUT2D eigenvalue weighted by molar-refractivity contribution is 0.670. The number of para-hydroxylation sites is 2. The van der Waals surface area contributed by atoms with Crippen LogP contribution in [0.5, 0.6) is 0 Å². The Labute approximate surface area is 261 Å². The predicted octanol–water partition coefficient (Wildman–Crippen LogP) is 11.3. The van der Waals surface area contributed by atoms with Gasteiger partial charge in [0.15, 0.2) is 0 Å². The molecule has 0 saturated carbocycles. The molecule has 0 amide bonds. The van der Waals surface area contributed by atoms with E-state index in [0.29, 0.717) is 0 Å². The number of benzene rings is 7. The van der Waals surface area contributed by atoms with Gasteiger partial charge in [0.1, 0.15) is 11.2 Å². The van der Waals surface area contributed by atoms with Crippen molar-refractivity contribution in [2.45, 2.75) is 5.41 Å². The van der Waals surface area contributed by atoms with E-state index in [9.17, 15) is 0 Å². The normalized spacial score (nSPS) is 13.5. The van der Waals surface area contributed by atoms with Crippen molar-refractivity contribution in [3.8, 4) is 33.4 Å². The second kappa shape index (κ2) is 9.07. The second-order valence-electron chi connectivity index (χ2n) is 12.1. The third-order valence-electron chi connectivity index (χ3n) is 9.89. The van der Waals surface area contributed by atoms with Crippen LogP contribution in [0, 0.1) is 0 Å². The molecular weight excluding hydrogens is 546 g/mol. The van der Waals surface area contributed by atoms with E-state index in [1.54, 1.807) is 0 Å². The van der Waals surface area contributed by atoms with Crippen LogP contribution in [0.2, 0.25) is 0 Å². The Hall–Kier alpha value is -5.86. The van der Waals surface area contributed by atoms with Gasteiger partial charge in [0, 0.05) is 27.7 Å². The van der Waals surface area contributed by atoms with E-state index in [0.717, 1.165) is 44.4 Å². The quantitative estimate of drug-likeness (QED) is 0.227. The third kappa shape index (κ3) is 3.29. The third-order valence-corrected chi connectivity index (χ3v) is 9.89. The molecule has 2 aliphatic carbocycles. The number of hydrogen-bond acceptors (Lipinski definition) is 2. The number of rotatable bonds is 3. The zero-order valence-corrected chi connectivity index (χ0v) is 24.4. The minimum absolute atomic E-state index is 0.341. The molecule has 1 aromatic heterocycles. The molecule has 0 atom stereocenters. The number of furan rings is 1. The second-order valence-corrected chi connectivity index (χ2v) is 12.1. The van der Waals surface area contributed by atoms with Gasteiger partial charge in [-0.2, -0.15) is 0 Å². The van der Waals surface area contributed by atoms with E-state index >= 15 is 0 Å². The lowest BCUT2D eigenvalue weighted by atomic mass is 9.70. The van der Waals surface area contributed by atoms with Crippen LogP contribution in [0.25, 0.3) is 55.3 Å². The van der Waals surface area contributed by atoms with Crippen molar-refractivity contribution in [1.29, 1.82) is 0 Å². The van der Waals surface area contributed by atoms with E-state index in [1.807, 2.05) is 12.1 Å². The molecule has 0 unspecified atom stereocenters. The highest BCUT2D eigenvalue weighted by atomic mass is 16.3. The zero-order chi connectivity index (χ0) is 29.5. The van der Waals surface area contributed by atoms with Crippen molar-refractivity contribution >= 4 is 33.3 Å². The van der Waals surface area contributed by atoms with Crippen LogP contribution in [-0.4, -0.2) is 0 Å². The predicted molar refractivity (Wildman–Crippen MR) is 185 cm³/mol. The van der Waals surface area contributed by atoms with E-state index in [2.05, 4.69) is 151 Å². The summed E-state index contributed by atoms with van der Waals surface area (Å²) in [5, 5.41) is 6.03. The fourth-order valence-corrected chi connectivity index (χ4v) is 8.05. The largest absolute Gasteiger partial charge is 0.455 e. The minimum atomic E-state index is -0.341. The lowest BCUT2D eigenvalue weighted by Gasteiger charge is -2.30. The average molecular weight is 574 g/mol. The van der Waals surface area contributed by atoms with Gasteiger partial charge in [-0.3, -0.25) is 0 Å². The van der Waals surface area contributed by atoms with Gasteiger partial charge in [-0.25, -0.2) is 0 Å². The average Bonchev–Trinajstić information content (AvgIpc) is 3.73. The van der Waals surface area contributed by atoms with Gasteiger partial charge in [0.2, 0.25) is 0 Å².